The van der Waals surface area contributed by atoms with E-state index in [1.807, 2.05) is 34.7 Å². The molecule has 1 unspecified atom stereocenters. The second-order valence-electron chi connectivity index (χ2n) is 7.67. The number of aromatic amines is 1. The molecule has 6 heteroatoms. The zero-order chi connectivity index (χ0) is 18.3. The van der Waals surface area contributed by atoms with Gasteiger partial charge in [-0.3, -0.25) is 9.89 Å². The first-order valence-electron chi connectivity index (χ1n) is 9.54. The van der Waals surface area contributed by atoms with Gasteiger partial charge in [0.25, 0.3) is 5.91 Å². The molecule has 2 aromatic heterocycles. The smallest absolute Gasteiger partial charge is 0.273 e. The summed E-state index contributed by atoms with van der Waals surface area (Å²) in [6.45, 7) is 1.59. The lowest BCUT2D eigenvalue weighted by Crippen LogP contribution is -2.48. The number of benzene rings is 1. The first kappa shape index (κ1) is 16.7. The van der Waals surface area contributed by atoms with Gasteiger partial charge in [0.2, 0.25) is 0 Å². The number of H-pyrrole nitrogens is 1. The lowest BCUT2D eigenvalue weighted by Gasteiger charge is -2.40. The van der Waals surface area contributed by atoms with Crippen LogP contribution in [-0.4, -0.2) is 39.1 Å². The molecule has 1 aliphatic carbocycles. The number of aromatic nitrogens is 3. The summed E-state index contributed by atoms with van der Waals surface area (Å²) >= 11 is 1.58. The van der Waals surface area contributed by atoms with Gasteiger partial charge in [-0.25, -0.2) is 4.98 Å². The topological polar surface area (TPSA) is 61.9 Å². The van der Waals surface area contributed by atoms with Gasteiger partial charge in [-0.15, -0.1) is 11.3 Å². The van der Waals surface area contributed by atoms with Crippen molar-refractivity contribution in [3.8, 4) is 0 Å². The van der Waals surface area contributed by atoms with Crippen molar-refractivity contribution in [3.63, 3.8) is 0 Å². The van der Waals surface area contributed by atoms with E-state index in [1.165, 1.54) is 16.8 Å². The fourth-order valence-electron chi connectivity index (χ4n) is 4.59. The zero-order valence-electron chi connectivity index (χ0n) is 15.1. The van der Waals surface area contributed by atoms with E-state index in [9.17, 15) is 4.79 Å². The SMILES string of the molecule is O=C(c1csc(Cc2ccccc2)n1)N1CCCC2(CCc3cn[nH]c32)C1. The Balaban J connectivity index is 1.33. The van der Waals surface area contributed by atoms with E-state index < -0.39 is 0 Å². The monoisotopic (exact) mass is 378 g/mol. The Labute approximate surface area is 162 Å². The van der Waals surface area contributed by atoms with Crippen LogP contribution in [0.15, 0.2) is 41.9 Å². The highest BCUT2D eigenvalue weighted by Gasteiger charge is 2.44. The number of hydrogen-bond donors (Lipinski definition) is 1. The van der Waals surface area contributed by atoms with Gasteiger partial charge in [0.05, 0.1) is 11.2 Å². The molecule has 1 N–H and O–H groups in total. The highest BCUT2D eigenvalue weighted by molar-refractivity contribution is 7.09. The number of fused-ring (bicyclic) bond motifs is 2. The van der Waals surface area contributed by atoms with Gasteiger partial charge in [0, 0.05) is 36.0 Å². The molecule has 0 bridgehead atoms. The average molecular weight is 379 g/mol. The third kappa shape index (κ3) is 2.98. The lowest BCUT2D eigenvalue weighted by molar-refractivity contribution is 0.0627. The molecule has 2 aliphatic rings. The van der Waals surface area contributed by atoms with E-state index in [-0.39, 0.29) is 11.3 Å². The number of likely N-dealkylation sites (tertiary alicyclic amines) is 1. The van der Waals surface area contributed by atoms with Crippen LogP contribution in [0.1, 0.15) is 51.6 Å². The van der Waals surface area contributed by atoms with Crippen molar-refractivity contribution < 1.29 is 4.79 Å². The fourth-order valence-corrected chi connectivity index (χ4v) is 5.40. The van der Waals surface area contributed by atoms with Gasteiger partial charge in [-0.1, -0.05) is 30.3 Å². The van der Waals surface area contributed by atoms with Crippen LogP contribution in [0.3, 0.4) is 0 Å². The molecule has 27 heavy (non-hydrogen) atoms. The Morgan fingerprint density at radius 3 is 3.04 bits per heavy atom. The van der Waals surface area contributed by atoms with Crippen molar-refractivity contribution in [1.82, 2.24) is 20.1 Å². The molecule has 1 fully saturated rings. The maximum Gasteiger partial charge on any atom is 0.273 e. The van der Waals surface area contributed by atoms with E-state index in [1.54, 1.807) is 11.3 Å². The molecule has 1 spiro atoms. The molecular weight excluding hydrogens is 356 g/mol. The summed E-state index contributed by atoms with van der Waals surface area (Å²) in [5.74, 6) is 0.0672. The van der Waals surface area contributed by atoms with Crippen molar-refractivity contribution in [3.05, 3.63) is 69.4 Å². The van der Waals surface area contributed by atoms with Crippen LogP contribution in [0.5, 0.6) is 0 Å². The quantitative estimate of drug-likeness (QED) is 0.758. The Bertz CT molecular complexity index is 963. The molecule has 1 amide bonds. The standard InChI is InChI=1S/C21H22N4OS/c26-20(17-13-27-18(23-17)11-15-5-2-1-3-6-15)25-10-4-8-21(14-25)9-7-16-12-22-24-19(16)21/h1-3,5-6,12-13H,4,7-11,14H2,(H,22,24). The minimum Gasteiger partial charge on any atom is -0.336 e. The molecule has 3 heterocycles. The van der Waals surface area contributed by atoms with Crippen LogP contribution in [0, 0.1) is 0 Å². The molecule has 1 aromatic carbocycles. The molecule has 5 nitrogen and oxygen atoms in total. The minimum atomic E-state index is 0.0582. The average Bonchev–Trinajstić information content (AvgIpc) is 3.42. The summed E-state index contributed by atoms with van der Waals surface area (Å²) in [7, 11) is 0. The third-order valence-corrected chi connectivity index (χ3v) is 6.80. The molecular formula is C21H22N4OS. The molecule has 1 aliphatic heterocycles. The summed E-state index contributed by atoms with van der Waals surface area (Å²) in [5, 5.41) is 10.3. The number of aryl methyl sites for hydroxylation is 1. The Morgan fingerprint density at radius 1 is 1.26 bits per heavy atom. The largest absolute Gasteiger partial charge is 0.336 e. The molecule has 5 rings (SSSR count). The molecule has 0 radical (unpaired) electrons. The number of thiazole rings is 1. The molecule has 0 saturated carbocycles. The molecule has 1 atom stereocenters. The van der Waals surface area contributed by atoms with E-state index in [2.05, 4.69) is 27.3 Å². The number of nitrogens with zero attached hydrogens (tertiary/aromatic N) is 3. The number of carbonyl (C=O) groups is 1. The van der Waals surface area contributed by atoms with E-state index in [0.29, 0.717) is 5.69 Å². The first-order chi connectivity index (χ1) is 13.2. The molecule has 1 saturated heterocycles. The van der Waals surface area contributed by atoms with Crippen molar-refractivity contribution in [2.75, 3.05) is 13.1 Å². The van der Waals surface area contributed by atoms with Gasteiger partial charge in [-0.2, -0.15) is 5.10 Å². The Hall–Kier alpha value is -2.47. The van der Waals surface area contributed by atoms with Gasteiger partial charge >= 0.3 is 0 Å². The highest BCUT2D eigenvalue weighted by atomic mass is 32.1. The van der Waals surface area contributed by atoms with E-state index in [4.69, 9.17) is 0 Å². The highest BCUT2D eigenvalue weighted by Crippen LogP contribution is 2.44. The summed E-state index contributed by atoms with van der Waals surface area (Å²) in [5.41, 5.74) is 4.44. The van der Waals surface area contributed by atoms with Crippen molar-refractivity contribution >= 4 is 17.2 Å². The van der Waals surface area contributed by atoms with Gasteiger partial charge in [0.1, 0.15) is 5.69 Å². The van der Waals surface area contributed by atoms with Crippen LogP contribution >= 0.6 is 11.3 Å². The zero-order valence-corrected chi connectivity index (χ0v) is 16.0. The maximum absolute atomic E-state index is 13.1. The Morgan fingerprint density at radius 2 is 2.15 bits per heavy atom. The van der Waals surface area contributed by atoms with Crippen molar-refractivity contribution in [2.45, 2.75) is 37.5 Å². The number of amides is 1. The Kier molecular flexibility index (Phi) is 4.08. The maximum atomic E-state index is 13.1. The summed E-state index contributed by atoms with van der Waals surface area (Å²) in [6.07, 6.45) is 7.05. The number of piperidine rings is 1. The van der Waals surface area contributed by atoms with Crippen molar-refractivity contribution in [2.24, 2.45) is 0 Å². The predicted molar refractivity (Wildman–Crippen MR) is 105 cm³/mol. The second-order valence-corrected chi connectivity index (χ2v) is 8.61. The van der Waals surface area contributed by atoms with E-state index >= 15 is 0 Å². The normalized spacial score (nSPS) is 21.6. The number of carbonyl (C=O) groups excluding carboxylic acids is 1. The van der Waals surface area contributed by atoms with E-state index in [0.717, 1.165) is 50.2 Å². The van der Waals surface area contributed by atoms with Crippen LogP contribution in [0.4, 0.5) is 0 Å². The summed E-state index contributed by atoms with van der Waals surface area (Å²) < 4.78 is 0. The van der Waals surface area contributed by atoms with Gasteiger partial charge < -0.3 is 4.90 Å². The first-order valence-corrected chi connectivity index (χ1v) is 10.4. The lowest BCUT2D eigenvalue weighted by atomic mass is 9.77. The van der Waals surface area contributed by atoms with Crippen molar-refractivity contribution in [1.29, 1.82) is 0 Å². The third-order valence-electron chi connectivity index (χ3n) is 5.95. The summed E-state index contributed by atoms with van der Waals surface area (Å²) in [6, 6.07) is 10.3. The minimum absolute atomic E-state index is 0.0582. The number of hydrogen-bond acceptors (Lipinski definition) is 4. The van der Waals surface area contributed by atoms with Gasteiger partial charge in [0.15, 0.2) is 0 Å². The fraction of sp³-hybridized carbons (Fsp3) is 0.381. The predicted octanol–water partition coefficient (Wildman–Crippen LogP) is 3.58. The van der Waals surface area contributed by atoms with Gasteiger partial charge in [-0.05, 0) is 36.8 Å². The van der Waals surface area contributed by atoms with Crippen LogP contribution in [-0.2, 0) is 18.3 Å². The van der Waals surface area contributed by atoms with Crippen LogP contribution in [0.25, 0.3) is 0 Å². The van der Waals surface area contributed by atoms with Crippen LogP contribution in [0.2, 0.25) is 0 Å². The number of rotatable bonds is 3. The molecule has 138 valence electrons. The summed E-state index contributed by atoms with van der Waals surface area (Å²) in [4.78, 5) is 19.7. The van der Waals surface area contributed by atoms with Crippen LogP contribution < -0.4 is 0 Å². The number of nitrogens with one attached hydrogen (secondary N) is 1. The molecule has 3 aromatic rings. The second kappa shape index (κ2) is 6.60.